The zero-order valence-corrected chi connectivity index (χ0v) is 14.4. The summed E-state index contributed by atoms with van der Waals surface area (Å²) in [6.45, 7) is 1.77. The normalized spacial score (nSPS) is 10.6. The molecule has 26 heavy (non-hydrogen) atoms. The van der Waals surface area contributed by atoms with Crippen molar-refractivity contribution in [2.75, 3.05) is 0 Å². The summed E-state index contributed by atoms with van der Waals surface area (Å²) in [6, 6.07) is 14.7. The van der Waals surface area contributed by atoms with Crippen molar-refractivity contribution < 1.29 is 4.39 Å². The van der Waals surface area contributed by atoms with Gasteiger partial charge in [-0.05, 0) is 30.9 Å². The molecule has 0 saturated heterocycles. The number of hydrogen-bond donors (Lipinski definition) is 0. The minimum absolute atomic E-state index is 0.336. The maximum absolute atomic E-state index is 14.2. The van der Waals surface area contributed by atoms with Gasteiger partial charge in [-0.15, -0.1) is 0 Å². The van der Waals surface area contributed by atoms with Gasteiger partial charge in [0.15, 0.2) is 5.82 Å². The lowest BCUT2D eigenvalue weighted by Crippen LogP contribution is -1.97. The van der Waals surface area contributed by atoms with Gasteiger partial charge >= 0.3 is 0 Å². The first-order valence-corrected chi connectivity index (χ1v) is 8.15. The molecule has 4 nitrogen and oxygen atoms in total. The van der Waals surface area contributed by atoms with Gasteiger partial charge in [-0.25, -0.2) is 19.3 Å². The van der Waals surface area contributed by atoms with Crippen molar-refractivity contribution in [2.24, 2.45) is 7.05 Å². The molecule has 0 N–H and O–H groups in total. The summed E-state index contributed by atoms with van der Waals surface area (Å²) in [5.74, 6) is 6.74. The molecule has 2 aromatic carbocycles. The van der Waals surface area contributed by atoms with Crippen LogP contribution in [-0.4, -0.2) is 19.5 Å². The third kappa shape index (κ3) is 2.93. The van der Waals surface area contributed by atoms with E-state index in [-0.39, 0.29) is 5.82 Å². The van der Waals surface area contributed by atoms with Gasteiger partial charge in [0, 0.05) is 18.8 Å². The molecule has 0 spiro atoms. The van der Waals surface area contributed by atoms with Gasteiger partial charge < -0.3 is 4.57 Å². The van der Waals surface area contributed by atoms with E-state index in [9.17, 15) is 4.39 Å². The number of hydrogen-bond acceptors (Lipinski definition) is 3. The average Bonchev–Trinajstić information content (AvgIpc) is 3.01. The van der Waals surface area contributed by atoms with Gasteiger partial charge in [0.2, 0.25) is 0 Å². The highest BCUT2D eigenvalue weighted by Gasteiger charge is 2.09. The molecule has 2 aromatic heterocycles. The van der Waals surface area contributed by atoms with Gasteiger partial charge in [-0.3, -0.25) is 0 Å². The number of rotatable bonds is 1. The lowest BCUT2D eigenvalue weighted by atomic mass is 10.1. The van der Waals surface area contributed by atoms with Gasteiger partial charge in [-0.2, -0.15) is 0 Å². The fourth-order valence-electron chi connectivity index (χ4n) is 2.79. The topological polar surface area (TPSA) is 43.6 Å². The third-order valence-corrected chi connectivity index (χ3v) is 4.02. The highest BCUT2D eigenvalue weighted by Crippen LogP contribution is 2.20. The van der Waals surface area contributed by atoms with Crippen LogP contribution in [0.1, 0.15) is 17.3 Å². The van der Waals surface area contributed by atoms with Crippen LogP contribution < -0.4 is 0 Å². The monoisotopic (exact) mass is 342 g/mol. The Morgan fingerprint density at radius 2 is 1.73 bits per heavy atom. The van der Waals surface area contributed by atoms with E-state index < -0.39 is 0 Å². The second-order valence-corrected chi connectivity index (χ2v) is 5.93. The summed E-state index contributed by atoms with van der Waals surface area (Å²) in [4.78, 5) is 13.2. The predicted molar refractivity (Wildman–Crippen MR) is 98.9 cm³/mol. The van der Waals surface area contributed by atoms with E-state index in [0.29, 0.717) is 28.2 Å². The molecule has 0 unspecified atom stereocenters. The van der Waals surface area contributed by atoms with Crippen molar-refractivity contribution in [2.45, 2.75) is 6.92 Å². The SMILES string of the molecule is Cc1nc(C#Cc2nc(-c3ccccc3)cn2C)c2c(F)cccc2n1. The van der Waals surface area contributed by atoms with E-state index in [1.807, 2.05) is 48.1 Å². The number of benzene rings is 2. The first kappa shape index (κ1) is 16.0. The fraction of sp³-hybridized carbons (Fsp3) is 0.0952. The predicted octanol–water partition coefficient (Wildman–Crippen LogP) is 3.88. The summed E-state index contributed by atoms with van der Waals surface area (Å²) in [6.07, 6.45) is 1.92. The van der Waals surface area contributed by atoms with Crippen molar-refractivity contribution >= 4 is 10.9 Å². The Labute approximate surface area is 150 Å². The van der Waals surface area contributed by atoms with Crippen LogP contribution in [0.5, 0.6) is 0 Å². The minimum Gasteiger partial charge on any atom is -0.327 e. The van der Waals surface area contributed by atoms with E-state index >= 15 is 0 Å². The lowest BCUT2D eigenvalue weighted by Gasteiger charge is -2.02. The van der Waals surface area contributed by atoms with E-state index in [2.05, 4.69) is 26.8 Å². The maximum Gasteiger partial charge on any atom is 0.186 e. The Bertz CT molecular complexity index is 1170. The zero-order chi connectivity index (χ0) is 18.1. The Kier molecular flexibility index (Phi) is 3.94. The third-order valence-electron chi connectivity index (χ3n) is 4.02. The van der Waals surface area contributed by atoms with E-state index in [4.69, 9.17) is 0 Å². The Morgan fingerprint density at radius 3 is 2.54 bits per heavy atom. The van der Waals surface area contributed by atoms with E-state index in [1.54, 1.807) is 19.1 Å². The van der Waals surface area contributed by atoms with Crippen LogP contribution in [0.25, 0.3) is 22.2 Å². The van der Waals surface area contributed by atoms with E-state index in [1.165, 1.54) is 6.07 Å². The Balaban J connectivity index is 1.80. The van der Waals surface area contributed by atoms with Crippen LogP contribution in [0.15, 0.2) is 54.7 Å². The second-order valence-electron chi connectivity index (χ2n) is 5.93. The smallest absolute Gasteiger partial charge is 0.186 e. The highest BCUT2D eigenvalue weighted by atomic mass is 19.1. The number of halogens is 1. The van der Waals surface area contributed by atoms with Crippen LogP contribution in [0, 0.1) is 24.6 Å². The standard InChI is InChI=1S/C21H15FN4/c1-14-23-17-10-6-9-16(22)21(17)18(24-14)11-12-20-25-19(13-26(20)2)15-7-4-3-5-8-15/h3-10,13H,1-2H3. The molecule has 0 amide bonds. The Morgan fingerprint density at radius 1 is 0.923 bits per heavy atom. The summed E-state index contributed by atoms with van der Waals surface area (Å²) in [5, 5.41) is 0.336. The van der Waals surface area contributed by atoms with Crippen molar-refractivity contribution in [1.82, 2.24) is 19.5 Å². The quantitative estimate of drug-likeness (QED) is 0.493. The highest BCUT2D eigenvalue weighted by molar-refractivity contribution is 5.84. The first-order chi connectivity index (χ1) is 12.6. The maximum atomic E-state index is 14.2. The zero-order valence-electron chi connectivity index (χ0n) is 14.4. The number of aromatic nitrogens is 4. The molecule has 0 saturated carbocycles. The van der Waals surface area contributed by atoms with Crippen LogP contribution in [-0.2, 0) is 7.05 Å². The summed E-state index contributed by atoms with van der Waals surface area (Å²) >= 11 is 0. The molecule has 0 atom stereocenters. The molecule has 5 heteroatoms. The van der Waals surface area contributed by atoms with E-state index in [0.717, 1.165) is 11.3 Å². The summed E-state index contributed by atoms with van der Waals surface area (Å²) < 4.78 is 16.1. The molecule has 0 aliphatic carbocycles. The molecule has 2 heterocycles. The molecular formula is C21H15FN4. The lowest BCUT2D eigenvalue weighted by molar-refractivity contribution is 0.638. The number of fused-ring (bicyclic) bond motifs is 1. The molecule has 0 bridgehead atoms. The molecule has 0 radical (unpaired) electrons. The molecule has 126 valence electrons. The van der Waals surface area contributed by atoms with Gasteiger partial charge in [0.25, 0.3) is 0 Å². The number of aryl methyl sites for hydroxylation is 2. The van der Waals surface area contributed by atoms with Gasteiger partial charge in [-0.1, -0.05) is 36.4 Å². The van der Waals surface area contributed by atoms with Crippen molar-refractivity contribution in [3.8, 4) is 23.1 Å². The molecule has 0 aliphatic rings. The molecular weight excluding hydrogens is 327 g/mol. The van der Waals surface area contributed by atoms with Crippen molar-refractivity contribution in [3.05, 3.63) is 77.9 Å². The van der Waals surface area contributed by atoms with Crippen LogP contribution in [0.2, 0.25) is 0 Å². The molecule has 4 aromatic rings. The summed E-state index contributed by atoms with van der Waals surface area (Å²) in [7, 11) is 1.88. The Hall–Kier alpha value is -3.52. The van der Waals surface area contributed by atoms with Crippen LogP contribution >= 0.6 is 0 Å². The number of nitrogens with zero attached hydrogens (tertiary/aromatic N) is 4. The molecule has 0 fully saturated rings. The fourth-order valence-corrected chi connectivity index (χ4v) is 2.79. The average molecular weight is 342 g/mol. The second kappa shape index (κ2) is 6.41. The van der Waals surface area contributed by atoms with Crippen LogP contribution in [0.3, 0.4) is 0 Å². The van der Waals surface area contributed by atoms with Crippen molar-refractivity contribution in [1.29, 1.82) is 0 Å². The van der Waals surface area contributed by atoms with Gasteiger partial charge in [0.05, 0.1) is 16.6 Å². The first-order valence-electron chi connectivity index (χ1n) is 8.15. The van der Waals surface area contributed by atoms with Gasteiger partial charge in [0.1, 0.15) is 17.3 Å². The summed E-state index contributed by atoms with van der Waals surface area (Å²) in [5.41, 5.74) is 2.78. The molecule has 4 rings (SSSR count). The van der Waals surface area contributed by atoms with Crippen molar-refractivity contribution in [3.63, 3.8) is 0 Å². The number of imidazole rings is 1. The molecule has 0 aliphatic heterocycles. The largest absolute Gasteiger partial charge is 0.327 e. The minimum atomic E-state index is -0.378. The van der Waals surface area contributed by atoms with Crippen LogP contribution in [0.4, 0.5) is 4.39 Å².